The molecule has 1 atom stereocenters. The van der Waals surface area contributed by atoms with Gasteiger partial charge in [-0.15, -0.1) is 4.36 Å². The molecule has 3 nitrogen and oxygen atoms in total. The molecule has 4 heteroatoms. The van der Waals surface area contributed by atoms with Gasteiger partial charge in [0.15, 0.2) is 0 Å². The molecule has 0 aromatic rings. The van der Waals surface area contributed by atoms with Crippen LogP contribution in [0.4, 0.5) is 0 Å². The Hall–Kier alpha value is -0.560. The monoisotopic (exact) mass is 160 g/mol. The first kappa shape index (κ1) is 9.44. The summed E-state index contributed by atoms with van der Waals surface area (Å²) in [4.78, 5) is 0. The molecule has 0 N–H and O–H groups in total. The molecule has 0 aromatic heterocycles. The van der Waals surface area contributed by atoms with Gasteiger partial charge in [-0.2, -0.15) is 5.26 Å². The molecule has 0 rings (SSSR count). The molecule has 0 aliphatic rings. The number of nitriles is 1. The molecule has 58 valence electrons. The maximum Gasteiger partial charge on any atom is 0.214 e. The van der Waals surface area contributed by atoms with Crippen molar-refractivity contribution in [2.45, 2.75) is 25.5 Å². The molecule has 0 amide bonds. The van der Waals surface area contributed by atoms with E-state index in [0.29, 0.717) is 0 Å². The van der Waals surface area contributed by atoms with E-state index in [0.717, 1.165) is 0 Å². The molecular formula is C6H12N2OS. The molecule has 0 saturated heterocycles. The van der Waals surface area contributed by atoms with Gasteiger partial charge in [-0.3, -0.25) is 0 Å². The Morgan fingerprint density at radius 1 is 1.50 bits per heavy atom. The van der Waals surface area contributed by atoms with Crippen LogP contribution in [0.1, 0.15) is 20.8 Å². The Balaban J connectivity index is 5.01. The topological polar surface area (TPSA) is 53.2 Å². The minimum atomic E-state index is -2.33. The van der Waals surface area contributed by atoms with Crippen molar-refractivity contribution in [1.82, 2.24) is 0 Å². The first-order valence-corrected chi connectivity index (χ1v) is 4.83. The van der Waals surface area contributed by atoms with Crippen LogP contribution in [0.25, 0.3) is 0 Å². The minimum Gasteiger partial charge on any atom is -0.248 e. The average Bonchev–Trinajstić information content (AvgIpc) is 1.61. The zero-order valence-electron chi connectivity index (χ0n) is 6.71. The summed E-state index contributed by atoms with van der Waals surface area (Å²) in [7, 11) is -2.33. The van der Waals surface area contributed by atoms with Crippen LogP contribution in [-0.2, 0) is 9.73 Å². The molecule has 0 heterocycles. The lowest BCUT2D eigenvalue weighted by Crippen LogP contribution is -2.25. The van der Waals surface area contributed by atoms with Crippen molar-refractivity contribution in [1.29, 1.82) is 5.26 Å². The Labute approximate surface area is 62.2 Å². The summed E-state index contributed by atoms with van der Waals surface area (Å²) in [6.45, 7) is 5.41. The highest BCUT2D eigenvalue weighted by molar-refractivity contribution is 7.94. The van der Waals surface area contributed by atoms with E-state index in [-0.39, 0.29) is 0 Å². The average molecular weight is 160 g/mol. The Kier molecular flexibility index (Phi) is 2.44. The molecule has 0 aromatic carbocycles. The van der Waals surface area contributed by atoms with E-state index in [9.17, 15) is 4.21 Å². The standard InChI is InChI=1S/C6H12N2OS/c1-6(2,3)10(4,9)8-5-7/h1-4H3/t10-/m1/s1. The van der Waals surface area contributed by atoms with Crippen LogP contribution in [0.2, 0.25) is 0 Å². The summed E-state index contributed by atoms with van der Waals surface area (Å²) in [5.74, 6) is 0. The highest BCUT2D eigenvalue weighted by atomic mass is 32.2. The van der Waals surface area contributed by atoms with Gasteiger partial charge in [0, 0.05) is 11.0 Å². The lowest BCUT2D eigenvalue weighted by Gasteiger charge is -2.18. The lowest BCUT2D eigenvalue weighted by atomic mass is 10.3. The summed E-state index contributed by atoms with van der Waals surface area (Å²) in [5.41, 5.74) is 0. The largest absolute Gasteiger partial charge is 0.248 e. The molecule has 10 heavy (non-hydrogen) atoms. The van der Waals surface area contributed by atoms with Crippen LogP contribution in [0.3, 0.4) is 0 Å². The molecule has 0 spiro atoms. The van der Waals surface area contributed by atoms with Crippen molar-refractivity contribution < 1.29 is 4.21 Å². The molecule has 0 fully saturated rings. The van der Waals surface area contributed by atoms with Crippen LogP contribution in [0.5, 0.6) is 0 Å². The third kappa shape index (κ3) is 1.99. The van der Waals surface area contributed by atoms with Gasteiger partial charge in [-0.05, 0) is 20.8 Å². The normalized spacial score (nSPS) is 17.1. The van der Waals surface area contributed by atoms with Gasteiger partial charge < -0.3 is 0 Å². The molecule has 0 radical (unpaired) electrons. The Bertz CT molecular complexity index is 260. The Morgan fingerprint density at radius 2 is 1.90 bits per heavy atom. The van der Waals surface area contributed by atoms with E-state index < -0.39 is 14.5 Å². The van der Waals surface area contributed by atoms with E-state index >= 15 is 0 Å². The molecule has 0 bridgehead atoms. The fourth-order valence-electron chi connectivity index (χ4n) is 0.215. The van der Waals surface area contributed by atoms with Crippen LogP contribution in [0, 0.1) is 11.5 Å². The number of rotatable bonds is 0. The van der Waals surface area contributed by atoms with Crippen LogP contribution in [0.15, 0.2) is 4.36 Å². The quantitative estimate of drug-likeness (QED) is 0.502. The second-order valence-corrected chi connectivity index (χ2v) is 6.12. The number of hydrogen-bond acceptors (Lipinski definition) is 3. The number of hydrogen-bond donors (Lipinski definition) is 0. The molecular weight excluding hydrogens is 148 g/mol. The summed E-state index contributed by atoms with van der Waals surface area (Å²) in [5, 5.41) is 8.17. The van der Waals surface area contributed by atoms with E-state index in [1.165, 1.54) is 6.26 Å². The van der Waals surface area contributed by atoms with E-state index in [2.05, 4.69) is 4.36 Å². The van der Waals surface area contributed by atoms with Gasteiger partial charge in [0.05, 0.1) is 9.73 Å². The third-order valence-corrected chi connectivity index (χ3v) is 4.05. The van der Waals surface area contributed by atoms with Crippen molar-refractivity contribution in [3.8, 4) is 6.19 Å². The lowest BCUT2D eigenvalue weighted by molar-refractivity contribution is 0.645. The fraction of sp³-hybridized carbons (Fsp3) is 0.833. The van der Waals surface area contributed by atoms with E-state index in [1.807, 2.05) is 0 Å². The van der Waals surface area contributed by atoms with Crippen molar-refractivity contribution in [2.75, 3.05) is 6.26 Å². The Morgan fingerprint density at radius 3 is 2.00 bits per heavy atom. The first-order valence-electron chi connectivity index (χ1n) is 2.91. The predicted octanol–water partition coefficient (Wildman–Crippen LogP) is 1.36. The molecule has 0 unspecified atom stereocenters. The fourth-order valence-corrected chi connectivity index (χ4v) is 0.645. The van der Waals surface area contributed by atoms with E-state index in [4.69, 9.17) is 5.26 Å². The molecule has 0 saturated carbocycles. The van der Waals surface area contributed by atoms with Gasteiger partial charge in [0.25, 0.3) is 0 Å². The van der Waals surface area contributed by atoms with Crippen molar-refractivity contribution in [3.05, 3.63) is 0 Å². The highest BCUT2D eigenvalue weighted by Crippen LogP contribution is 2.15. The third-order valence-electron chi connectivity index (χ3n) is 1.35. The predicted molar refractivity (Wildman–Crippen MR) is 41.9 cm³/mol. The van der Waals surface area contributed by atoms with Gasteiger partial charge in [0.1, 0.15) is 0 Å². The van der Waals surface area contributed by atoms with Crippen molar-refractivity contribution in [3.63, 3.8) is 0 Å². The van der Waals surface area contributed by atoms with Crippen molar-refractivity contribution in [2.24, 2.45) is 4.36 Å². The first-order chi connectivity index (χ1) is 4.31. The summed E-state index contributed by atoms with van der Waals surface area (Å²) < 4.78 is 14.4. The maximum atomic E-state index is 11.4. The van der Waals surface area contributed by atoms with Crippen LogP contribution in [-0.4, -0.2) is 15.2 Å². The molecule has 0 aliphatic carbocycles. The maximum absolute atomic E-state index is 11.4. The zero-order valence-corrected chi connectivity index (χ0v) is 7.53. The highest BCUT2D eigenvalue weighted by Gasteiger charge is 2.21. The molecule has 0 aliphatic heterocycles. The second-order valence-electron chi connectivity index (χ2n) is 3.11. The zero-order chi connectivity index (χ0) is 8.41. The van der Waals surface area contributed by atoms with Gasteiger partial charge in [-0.25, -0.2) is 4.21 Å². The van der Waals surface area contributed by atoms with E-state index in [1.54, 1.807) is 27.0 Å². The van der Waals surface area contributed by atoms with Crippen LogP contribution < -0.4 is 0 Å². The second kappa shape index (κ2) is 2.59. The van der Waals surface area contributed by atoms with Gasteiger partial charge >= 0.3 is 0 Å². The minimum absolute atomic E-state index is 0.414. The van der Waals surface area contributed by atoms with Gasteiger partial charge in [-0.1, -0.05) is 0 Å². The van der Waals surface area contributed by atoms with Crippen molar-refractivity contribution >= 4 is 9.73 Å². The SMILES string of the molecule is CC(C)(C)[S@@](C)(=O)=NC#N. The summed E-state index contributed by atoms with van der Waals surface area (Å²) >= 11 is 0. The summed E-state index contributed by atoms with van der Waals surface area (Å²) in [6.07, 6.45) is 3.06. The smallest absolute Gasteiger partial charge is 0.214 e. The van der Waals surface area contributed by atoms with Gasteiger partial charge in [0.2, 0.25) is 6.19 Å². The van der Waals surface area contributed by atoms with Crippen LogP contribution >= 0.6 is 0 Å². The summed E-state index contributed by atoms with van der Waals surface area (Å²) in [6, 6.07) is 0. The number of nitrogens with zero attached hydrogens (tertiary/aromatic N) is 2.